The van der Waals surface area contributed by atoms with E-state index in [1.807, 2.05) is 32.0 Å². The van der Waals surface area contributed by atoms with Gasteiger partial charge in [-0.2, -0.15) is 0 Å². The summed E-state index contributed by atoms with van der Waals surface area (Å²) in [6, 6.07) is 7.43. The van der Waals surface area contributed by atoms with E-state index in [0.29, 0.717) is 23.9 Å². The van der Waals surface area contributed by atoms with Gasteiger partial charge in [0.25, 0.3) is 5.91 Å². The fraction of sp³-hybridized carbons (Fsp3) is 0.235. The molecule has 0 aliphatic rings. The number of carbonyl (C=O) groups excluding carboxylic acids is 1. The molecule has 5 nitrogen and oxygen atoms in total. The summed E-state index contributed by atoms with van der Waals surface area (Å²) >= 11 is 0. The number of nitrogens with one attached hydrogen (secondary N) is 2. The van der Waals surface area contributed by atoms with Gasteiger partial charge in [0, 0.05) is 18.3 Å². The zero-order chi connectivity index (χ0) is 16.1. The van der Waals surface area contributed by atoms with E-state index < -0.39 is 0 Å². The van der Waals surface area contributed by atoms with Crippen molar-refractivity contribution in [3.63, 3.8) is 0 Å². The molecule has 114 valence electrons. The van der Waals surface area contributed by atoms with Crippen molar-refractivity contribution in [2.24, 2.45) is 0 Å². The van der Waals surface area contributed by atoms with Crippen LogP contribution >= 0.6 is 0 Å². The first-order chi connectivity index (χ1) is 10.5. The molecule has 1 amide bonds. The van der Waals surface area contributed by atoms with E-state index in [0.717, 1.165) is 11.3 Å². The van der Waals surface area contributed by atoms with Crippen LogP contribution in [0.25, 0.3) is 0 Å². The van der Waals surface area contributed by atoms with E-state index >= 15 is 0 Å². The molecular formula is C17H20N4O. The van der Waals surface area contributed by atoms with Gasteiger partial charge in [-0.1, -0.05) is 12.1 Å². The van der Waals surface area contributed by atoms with Gasteiger partial charge in [0.15, 0.2) is 0 Å². The van der Waals surface area contributed by atoms with E-state index in [1.54, 1.807) is 19.1 Å². The lowest BCUT2D eigenvalue weighted by molar-refractivity contribution is 0.102. The Hall–Kier alpha value is -2.69. The summed E-state index contributed by atoms with van der Waals surface area (Å²) in [7, 11) is 0. The van der Waals surface area contributed by atoms with Gasteiger partial charge in [0.05, 0.1) is 0 Å². The van der Waals surface area contributed by atoms with Gasteiger partial charge < -0.3 is 10.6 Å². The number of amides is 1. The zero-order valence-electron chi connectivity index (χ0n) is 13.1. The number of rotatable bonds is 5. The Bertz CT molecular complexity index is 710. The lowest BCUT2D eigenvalue weighted by Gasteiger charge is -2.09. The molecule has 0 saturated carbocycles. The van der Waals surface area contributed by atoms with Crippen LogP contribution in [0.3, 0.4) is 0 Å². The molecule has 0 saturated heterocycles. The molecule has 5 heteroatoms. The highest BCUT2D eigenvalue weighted by Crippen LogP contribution is 2.15. The Kier molecular flexibility index (Phi) is 4.88. The van der Waals surface area contributed by atoms with E-state index in [2.05, 4.69) is 27.2 Å². The van der Waals surface area contributed by atoms with Gasteiger partial charge in [-0.25, -0.2) is 9.97 Å². The third kappa shape index (κ3) is 3.91. The summed E-state index contributed by atoms with van der Waals surface area (Å²) in [5.74, 6) is 0.896. The number of benzene rings is 1. The minimum absolute atomic E-state index is 0.254. The predicted octanol–water partition coefficient (Wildman–Crippen LogP) is 3.25. The molecule has 2 aromatic rings. The number of aryl methyl sites for hydroxylation is 3. The number of aromatic nitrogens is 2. The van der Waals surface area contributed by atoms with Gasteiger partial charge in [-0.3, -0.25) is 4.79 Å². The molecule has 0 fully saturated rings. The molecule has 1 aromatic carbocycles. The maximum absolute atomic E-state index is 12.3. The Balaban J connectivity index is 2.19. The molecule has 2 rings (SSSR count). The maximum atomic E-state index is 12.3. The Morgan fingerprint density at radius 2 is 1.95 bits per heavy atom. The number of carbonyl (C=O) groups is 1. The number of anilines is 2. The standard InChI is InChI=1S/C17H20N4O/c1-5-8-18-16-10-15(19-13(4)20-16)17(22)21-14-7-6-11(2)12(3)9-14/h5-7,9-10H,1,8H2,2-4H3,(H,21,22)(H,18,19,20). The van der Waals surface area contributed by atoms with Crippen LogP contribution in [0.15, 0.2) is 36.9 Å². The Morgan fingerprint density at radius 3 is 2.64 bits per heavy atom. The molecule has 0 radical (unpaired) electrons. The van der Waals surface area contributed by atoms with Crippen molar-refractivity contribution in [3.8, 4) is 0 Å². The number of hydrogen-bond acceptors (Lipinski definition) is 4. The van der Waals surface area contributed by atoms with Crippen LogP contribution in [0, 0.1) is 20.8 Å². The van der Waals surface area contributed by atoms with Gasteiger partial charge in [-0.05, 0) is 44.0 Å². The summed E-state index contributed by atoms with van der Waals surface area (Å²) < 4.78 is 0. The highest BCUT2D eigenvalue weighted by molar-refractivity contribution is 6.03. The second-order valence-corrected chi connectivity index (χ2v) is 5.11. The van der Waals surface area contributed by atoms with Gasteiger partial charge in [0.2, 0.25) is 0 Å². The van der Waals surface area contributed by atoms with Crippen molar-refractivity contribution in [1.29, 1.82) is 0 Å². The Morgan fingerprint density at radius 1 is 1.18 bits per heavy atom. The van der Waals surface area contributed by atoms with Crippen LogP contribution < -0.4 is 10.6 Å². The molecule has 0 bridgehead atoms. The Labute approximate surface area is 130 Å². The monoisotopic (exact) mass is 296 g/mol. The summed E-state index contributed by atoms with van der Waals surface area (Å²) in [4.78, 5) is 20.8. The molecule has 2 N–H and O–H groups in total. The highest BCUT2D eigenvalue weighted by Gasteiger charge is 2.11. The SMILES string of the molecule is C=CCNc1cc(C(=O)Nc2ccc(C)c(C)c2)nc(C)n1. The summed E-state index contributed by atoms with van der Waals surface area (Å²) in [5.41, 5.74) is 3.40. The average Bonchev–Trinajstić information content (AvgIpc) is 2.48. The van der Waals surface area contributed by atoms with Crippen molar-refractivity contribution in [1.82, 2.24) is 9.97 Å². The third-order valence-electron chi connectivity index (χ3n) is 3.26. The van der Waals surface area contributed by atoms with Crippen molar-refractivity contribution < 1.29 is 4.79 Å². The van der Waals surface area contributed by atoms with Crippen molar-refractivity contribution in [2.45, 2.75) is 20.8 Å². The first-order valence-electron chi connectivity index (χ1n) is 7.08. The number of nitrogens with zero attached hydrogens (tertiary/aromatic N) is 2. The second-order valence-electron chi connectivity index (χ2n) is 5.11. The van der Waals surface area contributed by atoms with E-state index in [9.17, 15) is 4.79 Å². The highest BCUT2D eigenvalue weighted by atomic mass is 16.1. The van der Waals surface area contributed by atoms with Crippen LogP contribution in [0.1, 0.15) is 27.4 Å². The molecule has 22 heavy (non-hydrogen) atoms. The van der Waals surface area contributed by atoms with Crippen molar-refractivity contribution in [3.05, 3.63) is 59.6 Å². The molecule has 0 spiro atoms. The molecule has 0 atom stereocenters. The minimum atomic E-state index is -0.254. The largest absolute Gasteiger partial charge is 0.366 e. The minimum Gasteiger partial charge on any atom is -0.366 e. The smallest absolute Gasteiger partial charge is 0.274 e. The van der Waals surface area contributed by atoms with Crippen LogP contribution in [0.4, 0.5) is 11.5 Å². The van der Waals surface area contributed by atoms with Gasteiger partial charge >= 0.3 is 0 Å². The first kappa shape index (κ1) is 15.7. The molecular weight excluding hydrogens is 276 g/mol. The second kappa shape index (κ2) is 6.85. The topological polar surface area (TPSA) is 66.9 Å². The number of hydrogen-bond donors (Lipinski definition) is 2. The summed E-state index contributed by atoms with van der Waals surface area (Å²) in [5, 5.41) is 5.92. The summed E-state index contributed by atoms with van der Waals surface area (Å²) in [6.07, 6.45) is 1.73. The molecule has 0 aliphatic carbocycles. The first-order valence-corrected chi connectivity index (χ1v) is 7.08. The molecule has 1 aromatic heterocycles. The fourth-order valence-corrected chi connectivity index (χ4v) is 1.97. The quantitative estimate of drug-likeness (QED) is 0.831. The van der Waals surface area contributed by atoms with Crippen molar-refractivity contribution in [2.75, 3.05) is 17.2 Å². The average molecular weight is 296 g/mol. The zero-order valence-corrected chi connectivity index (χ0v) is 13.1. The normalized spacial score (nSPS) is 10.1. The van der Waals surface area contributed by atoms with Crippen molar-refractivity contribution >= 4 is 17.4 Å². The van der Waals surface area contributed by atoms with E-state index in [4.69, 9.17) is 0 Å². The van der Waals surface area contributed by atoms with E-state index in [-0.39, 0.29) is 5.91 Å². The predicted molar refractivity (Wildman–Crippen MR) is 89.3 cm³/mol. The van der Waals surface area contributed by atoms with E-state index in [1.165, 1.54) is 5.56 Å². The van der Waals surface area contributed by atoms with Crippen LogP contribution in [-0.4, -0.2) is 22.4 Å². The molecule has 0 unspecified atom stereocenters. The summed E-state index contributed by atoms with van der Waals surface area (Å²) in [6.45, 7) is 10.0. The third-order valence-corrected chi connectivity index (χ3v) is 3.26. The maximum Gasteiger partial charge on any atom is 0.274 e. The van der Waals surface area contributed by atoms with Crippen LogP contribution in [0.2, 0.25) is 0 Å². The lowest BCUT2D eigenvalue weighted by atomic mass is 10.1. The lowest BCUT2D eigenvalue weighted by Crippen LogP contribution is -2.16. The molecule has 0 aliphatic heterocycles. The van der Waals surface area contributed by atoms with Crippen LogP contribution in [-0.2, 0) is 0 Å². The molecule has 1 heterocycles. The fourth-order valence-electron chi connectivity index (χ4n) is 1.97. The van der Waals surface area contributed by atoms with Crippen LogP contribution in [0.5, 0.6) is 0 Å². The van der Waals surface area contributed by atoms with Gasteiger partial charge in [0.1, 0.15) is 17.3 Å². The van der Waals surface area contributed by atoms with Gasteiger partial charge in [-0.15, -0.1) is 6.58 Å².